The lowest BCUT2D eigenvalue weighted by molar-refractivity contribution is -0.141. The third kappa shape index (κ3) is 2.91. The van der Waals surface area contributed by atoms with E-state index in [2.05, 4.69) is 10.6 Å². The molecule has 1 rings (SSSR count). The second-order valence-corrected chi connectivity index (χ2v) is 4.89. The molecule has 3 N–H and O–H groups in total. The maximum Gasteiger partial charge on any atom is 0.318 e. The summed E-state index contributed by atoms with van der Waals surface area (Å²) in [5.74, 6) is -1.84. The average molecular weight is 257 g/mol. The van der Waals surface area contributed by atoms with Crippen molar-refractivity contribution in [1.82, 2.24) is 15.5 Å². The van der Waals surface area contributed by atoms with Gasteiger partial charge in [0, 0.05) is 19.6 Å². The van der Waals surface area contributed by atoms with E-state index in [1.807, 2.05) is 0 Å². The third-order valence-corrected chi connectivity index (χ3v) is 3.08. The standard InChI is InChI=1S/C11H19N3O4/c1-7(8(15)16)6-13-10(18)14-5-4-12-9(17)11(14,2)3/h7H,4-6H2,1-3H3,(H,12,17)(H,13,18)(H,15,16). The van der Waals surface area contributed by atoms with E-state index in [0.717, 1.165) is 0 Å². The molecule has 7 nitrogen and oxygen atoms in total. The molecule has 0 bridgehead atoms. The van der Waals surface area contributed by atoms with Gasteiger partial charge in [0.1, 0.15) is 5.54 Å². The molecule has 1 unspecified atom stereocenters. The molecule has 3 amide bonds. The first kappa shape index (κ1) is 14.3. The minimum Gasteiger partial charge on any atom is -0.481 e. The Kier molecular flexibility index (Phi) is 4.15. The van der Waals surface area contributed by atoms with Crippen LogP contribution in [0.4, 0.5) is 4.79 Å². The number of aliphatic carboxylic acids is 1. The van der Waals surface area contributed by atoms with E-state index in [9.17, 15) is 14.4 Å². The number of hydrogen-bond acceptors (Lipinski definition) is 3. The summed E-state index contributed by atoms with van der Waals surface area (Å²) >= 11 is 0. The Hall–Kier alpha value is -1.79. The first-order valence-corrected chi connectivity index (χ1v) is 5.83. The summed E-state index contributed by atoms with van der Waals surface area (Å²) in [4.78, 5) is 35.6. The van der Waals surface area contributed by atoms with Gasteiger partial charge in [0.2, 0.25) is 5.91 Å². The Morgan fingerprint density at radius 3 is 2.72 bits per heavy atom. The summed E-state index contributed by atoms with van der Waals surface area (Å²) in [6.45, 7) is 5.68. The summed E-state index contributed by atoms with van der Waals surface area (Å²) in [6, 6.07) is -0.414. The SMILES string of the molecule is CC(CNC(=O)N1CCNC(=O)C1(C)C)C(=O)O. The van der Waals surface area contributed by atoms with Gasteiger partial charge in [0.25, 0.3) is 0 Å². The smallest absolute Gasteiger partial charge is 0.318 e. The quantitative estimate of drug-likeness (QED) is 0.642. The number of amides is 3. The van der Waals surface area contributed by atoms with Crippen LogP contribution in [0.15, 0.2) is 0 Å². The number of carbonyl (C=O) groups excluding carboxylic acids is 2. The summed E-state index contributed by atoms with van der Waals surface area (Å²) in [5.41, 5.74) is -0.922. The van der Waals surface area contributed by atoms with Crippen molar-refractivity contribution < 1.29 is 19.5 Å². The van der Waals surface area contributed by atoms with E-state index < -0.39 is 23.5 Å². The van der Waals surface area contributed by atoms with Gasteiger partial charge in [-0.1, -0.05) is 6.92 Å². The van der Waals surface area contributed by atoms with Gasteiger partial charge in [-0.05, 0) is 13.8 Å². The predicted octanol–water partition coefficient (Wildman–Crippen LogP) is -0.373. The minimum atomic E-state index is -0.967. The van der Waals surface area contributed by atoms with Crippen molar-refractivity contribution in [2.75, 3.05) is 19.6 Å². The van der Waals surface area contributed by atoms with Gasteiger partial charge in [-0.15, -0.1) is 0 Å². The molecule has 0 aromatic carbocycles. The fourth-order valence-corrected chi connectivity index (χ4v) is 1.68. The maximum atomic E-state index is 11.9. The molecule has 102 valence electrons. The topological polar surface area (TPSA) is 98.7 Å². The molecular weight excluding hydrogens is 238 g/mol. The zero-order valence-electron chi connectivity index (χ0n) is 10.8. The number of hydrogen-bond donors (Lipinski definition) is 3. The highest BCUT2D eigenvalue weighted by Gasteiger charge is 2.40. The van der Waals surface area contributed by atoms with Crippen molar-refractivity contribution in [3.05, 3.63) is 0 Å². The number of rotatable bonds is 3. The highest BCUT2D eigenvalue weighted by molar-refractivity contribution is 5.91. The summed E-state index contributed by atoms with van der Waals surface area (Å²) in [7, 11) is 0. The first-order chi connectivity index (χ1) is 8.26. The Morgan fingerprint density at radius 2 is 2.17 bits per heavy atom. The van der Waals surface area contributed by atoms with Gasteiger partial charge >= 0.3 is 12.0 Å². The van der Waals surface area contributed by atoms with Crippen LogP contribution in [-0.4, -0.2) is 53.1 Å². The molecule has 0 saturated carbocycles. The van der Waals surface area contributed by atoms with E-state index in [1.165, 1.54) is 11.8 Å². The van der Waals surface area contributed by atoms with Crippen LogP contribution in [0.1, 0.15) is 20.8 Å². The zero-order chi connectivity index (χ0) is 13.9. The third-order valence-electron chi connectivity index (χ3n) is 3.08. The van der Waals surface area contributed by atoms with Crippen molar-refractivity contribution >= 4 is 17.9 Å². The van der Waals surface area contributed by atoms with Crippen LogP contribution in [-0.2, 0) is 9.59 Å². The van der Waals surface area contributed by atoms with Gasteiger partial charge in [-0.3, -0.25) is 9.59 Å². The van der Waals surface area contributed by atoms with Crippen molar-refractivity contribution in [2.24, 2.45) is 5.92 Å². The second-order valence-electron chi connectivity index (χ2n) is 4.89. The lowest BCUT2D eigenvalue weighted by Gasteiger charge is -2.41. The van der Waals surface area contributed by atoms with Gasteiger partial charge in [-0.25, -0.2) is 4.79 Å². The molecule has 0 aromatic heterocycles. The number of carbonyl (C=O) groups is 3. The Labute approximate surface area is 106 Å². The number of nitrogens with one attached hydrogen (secondary N) is 2. The molecule has 0 aliphatic carbocycles. The molecule has 1 fully saturated rings. The molecule has 1 heterocycles. The Balaban J connectivity index is 2.61. The lowest BCUT2D eigenvalue weighted by Crippen LogP contribution is -2.65. The molecular formula is C11H19N3O4. The summed E-state index contributed by atoms with van der Waals surface area (Å²) in [5, 5.41) is 13.9. The predicted molar refractivity (Wildman–Crippen MR) is 64.0 cm³/mol. The fourth-order valence-electron chi connectivity index (χ4n) is 1.68. The number of carboxylic acids is 1. The van der Waals surface area contributed by atoms with E-state index in [-0.39, 0.29) is 12.5 Å². The van der Waals surface area contributed by atoms with Crippen LogP contribution in [0.25, 0.3) is 0 Å². The molecule has 0 spiro atoms. The lowest BCUT2D eigenvalue weighted by atomic mass is 9.99. The number of nitrogens with zero attached hydrogens (tertiary/aromatic N) is 1. The molecule has 7 heteroatoms. The average Bonchev–Trinajstić information content (AvgIpc) is 2.28. The van der Waals surface area contributed by atoms with Crippen molar-refractivity contribution in [1.29, 1.82) is 0 Å². The molecule has 1 atom stereocenters. The molecule has 1 aliphatic rings. The zero-order valence-corrected chi connectivity index (χ0v) is 10.8. The van der Waals surface area contributed by atoms with Crippen molar-refractivity contribution in [3.63, 3.8) is 0 Å². The van der Waals surface area contributed by atoms with E-state index in [0.29, 0.717) is 13.1 Å². The summed E-state index contributed by atoms with van der Waals surface area (Å²) in [6.07, 6.45) is 0. The summed E-state index contributed by atoms with van der Waals surface area (Å²) < 4.78 is 0. The largest absolute Gasteiger partial charge is 0.481 e. The molecule has 18 heavy (non-hydrogen) atoms. The molecule has 0 aromatic rings. The molecule has 1 aliphatic heterocycles. The van der Waals surface area contributed by atoms with Crippen LogP contribution in [0, 0.1) is 5.92 Å². The van der Waals surface area contributed by atoms with Gasteiger partial charge in [-0.2, -0.15) is 0 Å². The van der Waals surface area contributed by atoms with E-state index in [1.54, 1.807) is 13.8 Å². The second kappa shape index (κ2) is 5.24. The monoisotopic (exact) mass is 257 g/mol. The number of urea groups is 1. The van der Waals surface area contributed by atoms with Crippen LogP contribution in [0.3, 0.4) is 0 Å². The Morgan fingerprint density at radius 1 is 1.56 bits per heavy atom. The highest BCUT2D eigenvalue weighted by Crippen LogP contribution is 2.17. The normalized spacial score (nSPS) is 19.9. The number of piperazine rings is 1. The highest BCUT2D eigenvalue weighted by atomic mass is 16.4. The molecule has 0 radical (unpaired) electrons. The van der Waals surface area contributed by atoms with Crippen LogP contribution >= 0.6 is 0 Å². The van der Waals surface area contributed by atoms with Gasteiger partial charge in [0.15, 0.2) is 0 Å². The molecule has 1 saturated heterocycles. The van der Waals surface area contributed by atoms with Gasteiger partial charge < -0.3 is 20.6 Å². The number of carboxylic acid groups (broad SMARTS) is 1. The van der Waals surface area contributed by atoms with Crippen LogP contribution in [0.2, 0.25) is 0 Å². The fraction of sp³-hybridized carbons (Fsp3) is 0.727. The van der Waals surface area contributed by atoms with E-state index in [4.69, 9.17) is 5.11 Å². The van der Waals surface area contributed by atoms with Crippen molar-refractivity contribution in [3.8, 4) is 0 Å². The maximum absolute atomic E-state index is 11.9. The van der Waals surface area contributed by atoms with Crippen LogP contribution < -0.4 is 10.6 Å². The van der Waals surface area contributed by atoms with E-state index >= 15 is 0 Å². The Bertz CT molecular complexity index is 367. The van der Waals surface area contributed by atoms with Crippen LogP contribution in [0.5, 0.6) is 0 Å². The minimum absolute atomic E-state index is 0.0440. The first-order valence-electron chi connectivity index (χ1n) is 5.83. The van der Waals surface area contributed by atoms with Gasteiger partial charge in [0.05, 0.1) is 5.92 Å². The van der Waals surface area contributed by atoms with Crippen molar-refractivity contribution in [2.45, 2.75) is 26.3 Å².